The molecule has 9 nitrogen and oxygen atoms in total. The number of nitrogens with zero attached hydrogens (tertiary/aromatic N) is 1. The van der Waals surface area contributed by atoms with Gasteiger partial charge in [-0.05, 0) is 102 Å². The van der Waals surface area contributed by atoms with Crippen LogP contribution in [0.25, 0.3) is 0 Å². The summed E-state index contributed by atoms with van der Waals surface area (Å²) in [5.74, 6) is -0.732. The molecule has 0 amide bonds. The van der Waals surface area contributed by atoms with E-state index in [1.54, 1.807) is 18.2 Å². The van der Waals surface area contributed by atoms with Crippen LogP contribution in [0, 0.1) is 0 Å². The topological polar surface area (TPSA) is 149 Å². The van der Waals surface area contributed by atoms with Gasteiger partial charge in [-0.3, -0.25) is 13.9 Å². The monoisotopic (exact) mass is 801 g/mol. The van der Waals surface area contributed by atoms with Gasteiger partial charge in [0.2, 0.25) is 0 Å². The molecule has 4 rings (SSSR count). The first-order valence-corrected chi connectivity index (χ1v) is 21.8. The molecule has 56 heavy (non-hydrogen) atoms. The largest absolute Gasteiger partial charge is 0.481 e. The molecule has 1 atom stereocenters. The highest BCUT2D eigenvalue weighted by molar-refractivity contribution is 7.86. The van der Waals surface area contributed by atoms with Gasteiger partial charge in [0.1, 0.15) is 0 Å². The van der Waals surface area contributed by atoms with E-state index in [-0.39, 0.29) is 22.1 Å². The second-order valence-electron chi connectivity index (χ2n) is 15.5. The number of rotatable bonds is 18. The number of carboxylic acid groups (broad SMARTS) is 1. The van der Waals surface area contributed by atoms with Crippen molar-refractivity contribution in [3.63, 3.8) is 0 Å². The molecule has 0 aromatic heterocycles. The third-order valence-electron chi connectivity index (χ3n) is 10.7. The van der Waals surface area contributed by atoms with Crippen molar-refractivity contribution in [1.82, 2.24) is 0 Å². The molecule has 2 aromatic rings. The first kappa shape index (κ1) is 44.2. The van der Waals surface area contributed by atoms with E-state index < -0.39 is 37.0 Å². The van der Waals surface area contributed by atoms with Gasteiger partial charge in [-0.25, -0.2) is 0 Å². The Labute approximate surface area is 333 Å². The van der Waals surface area contributed by atoms with Crippen LogP contribution in [-0.4, -0.2) is 43.6 Å². The maximum absolute atomic E-state index is 12.2. The number of aliphatic carboxylic acids is 1. The Hall–Kier alpha value is -4.55. The molecule has 1 aliphatic heterocycles. The van der Waals surface area contributed by atoms with Crippen LogP contribution in [0.3, 0.4) is 0 Å². The quantitative estimate of drug-likeness (QED) is 0.0761. The number of carbonyl (C=O) groups is 1. The molecule has 300 valence electrons. The maximum Gasteiger partial charge on any atom is 0.303 e. The van der Waals surface area contributed by atoms with Gasteiger partial charge >= 0.3 is 5.97 Å². The fourth-order valence-electron chi connectivity index (χ4n) is 7.25. The minimum Gasteiger partial charge on any atom is -0.481 e. The lowest BCUT2D eigenvalue weighted by molar-refractivity contribution is -0.137. The number of hydrogen-bond donors (Lipinski definition) is 3. The molecule has 11 heteroatoms. The van der Waals surface area contributed by atoms with Crippen LogP contribution in [-0.2, 0) is 35.9 Å². The molecule has 1 unspecified atom stereocenters. The Balaban J connectivity index is 1.57. The van der Waals surface area contributed by atoms with Gasteiger partial charge in [0.15, 0.2) is 0 Å². The van der Waals surface area contributed by atoms with Crippen LogP contribution in [0.4, 0.5) is 5.69 Å². The van der Waals surface area contributed by atoms with Crippen molar-refractivity contribution < 1.29 is 35.8 Å². The van der Waals surface area contributed by atoms with Crippen LogP contribution >= 0.6 is 0 Å². The molecule has 0 bridgehead atoms. The molecule has 1 aliphatic carbocycles. The van der Waals surface area contributed by atoms with Crippen LogP contribution < -0.4 is 4.90 Å². The summed E-state index contributed by atoms with van der Waals surface area (Å²) in [6.07, 6.45) is 28.5. The number of anilines is 1. The smallest absolute Gasteiger partial charge is 0.303 e. The minimum atomic E-state index is -4.44. The summed E-state index contributed by atoms with van der Waals surface area (Å²) in [6, 6.07) is 9.41. The highest BCUT2D eigenvalue weighted by Crippen LogP contribution is 2.48. The number of fused-ring (bicyclic) bond motifs is 1. The summed E-state index contributed by atoms with van der Waals surface area (Å²) in [4.78, 5) is 12.8. The summed E-state index contributed by atoms with van der Waals surface area (Å²) in [7, 11) is -8.85. The van der Waals surface area contributed by atoms with Crippen molar-refractivity contribution in [2.75, 3.05) is 11.4 Å². The fourth-order valence-corrected chi connectivity index (χ4v) is 8.26. The Morgan fingerprint density at radius 2 is 1.54 bits per heavy atom. The van der Waals surface area contributed by atoms with Gasteiger partial charge in [0, 0.05) is 35.2 Å². The number of hydrogen-bond acceptors (Lipinski definition) is 6. The fraction of sp³-hybridized carbons (Fsp3) is 0.356. The average molecular weight is 802 g/mol. The maximum atomic E-state index is 12.2. The van der Waals surface area contributed by atoms with Gasteiger partial charge in [-0.2, -0.15) is 16.8 Å². The Kier molecular flexibility index (Phi) is 14.7. The molecule has 1 heterocycles. The van der Waals surface area contributed by atoms with Crippen LogP contribution in [0.5, 0.6) is 0 Å². The zero-order valence-electron chi connectivity index (χ0n) is 33.0. The van der Waals surface area contributed by atoms with E-state index in [9.17, 15) is 30.7 Å². The van der Waals surface area contributed by atoms with E-state index >= 15 is 0 Å². The second-order valence-corrected chi connectivity index (χ2v) is 18.3. The lowest BCUT2D eigenvalue weighted by Crippen LogP contribution is -2.27. The Bertz CT molecular complexity index is 2230. The van der Waals surface area contributed by atoms with E-state index in [0.717, 1.165) is 59.3 Å². The molecule has 0 saturated carbocycles. The van der Waals surface area contributed by atoms with Gasteiger partial charge in [-0.1, -0.05) is 121 Å². The van der Waals surface area contributed by atoms with E-state index in [1.165, 1.54) is 23.8 Å². The van der Waals surface area contributed by atoms with Crippen LogP contribution in [0.15, 0.2) is 143 Å². The number of unbranched alkanes of at least 4 members (excludes halogenated alkanes) is 2. The van der Waals surface area contributed by atoms with Crippen molar-refractivity contribution in [2.24, 2.45) is 0 Å². The molecule has 0 radical (unpaired) electrons. The second kappa shape index (κ2) is 18.6. The average Bonchev–Trinajstić information content (AvgIpc) is 3.31. The molecule has 0 saturated heterocycles. The van der Waals surface area contributed by atoms with Gasteiger partial charge in [-0.15, -0.1) is 0 Å². The zero-order valence-corrected chi connectivity index (χ0v) is 34.6. The van der Waals surface area contributed by atoms with Gasteiger partial charge in [0.05, 0.1) is 9.79 Å². The van der Waals surface area contributed by atoms with Crippen LogP contribution in [0.2, 0.25) is 0 Å². The third-order valence-corrected chi connectivity index (χ3v) is 12.4. The lowest BCUT2D eigenvalue weighted by Gasteiger charge is -2.31. The summed E-state index contributed by atoms with van der Waals surface area (Å²) in [6.45, 7) is 15.1. The lowest BCUT2D eigenvalue weighted by atomic mass is 9.73. The summed E-state index contributed by atoms with van der Waals surface area (Å²) in [5.41, 5.74) is 4.90. The van der Waals surface area contributed by atoms with Crippen molar-refractivity contribution in [1.29, 1.82) is 0 Å². The van der Waals surface area contributed by atoms with Crippen LogP contribution in [0.1, 0.15) is 102 Å². The molecular formula is C45H55NO8S2. The summed E-state index contributed by atoms with van der Waals surface area (Å²) < 4.78 is 68.2. The summed E-state index contributed by atoms with van der Waals surface area (Å²) >= 11 is 0. The third kappa shape index (κ3) is 11.3. The Morgan fingerprint density at radius 1 is 0.875 bits per heavy atom. The molecule has 0 fully saturated rings. The molecule has 0 spiro atoms. The van der Waals surface area contributed by atoms with E-state index in [0.29, 0.717) is 19.4 Å². The Morgan fingerprint density at radius 3 is 2.23 bits per heavy atom. The van der Waals surface area contributed by atoms with Crippen molar-refractivity contribution in [3.05, 3.63) is 149 Å². The number of carboxylic acids is 1. The standard InChI is InChI=1S/C45H55NO8S2/c1-33(19-18-23-35-21-13-8-7-9-14-22-35)38-28-26-36(55(49,50)51)31-39(38)44(3,4)34(2)20-12-10-15-24-42-45(5,6)40-32-37(56(52,53)54)27-29-41(40)46(42)30-17-11-16-25-43(47)48/h7-10,12-15,20-22,24,26-29,31-33H,2,11,16-19,23,25,30H2,1,3-6H3,(H,47,48)(H,49,50,51)(H,52,53,54). The first-order chi connectivity index (χ1) is 26.2. The van der Waals surface area contributed by atoms with E-state index in [4.69, 9.17) is 5.11 Å². The highest BCUT2D eigenvalue weighted by atomic mass is 32.2. The predicted octanol–water partition coefficient (Wildman–Crippen LogP) is 10.3. The molecule has 3 N–H and O–H groups in total. The van der Waals surface area contributed by atoms with E-state index in [1.807, 2.05) is 88.5 Å². The molecule has 2 aliphatic rings. The van der Waals surface area contributed by atoms with Crippen molar-refractivity contribution in [2.45, 2.75) is 106 Å². The predicted molar refractivity (Wildman–Crippen MR) is 225 cm³/mol. The van der Waals surface area contributed by atoms with Crippen molar-refractivity contribution in [3.8, 4) is 0 Å². The van der Waals surface area contributed by atoms with Crippen molar-refractivity contribution >= 4 is 31.9 Å². The van der Waals surface area contributed by atoms with Gasteiger partial charge < -0.3 is 10.0 Å². The summed E-state index contributed by atoms with van der Waals surface area (Å²) in [5, 5.41) is 9.04. The van der Waals surface area contributed by atoms with E-state index in [2.05, 4.69) is 30.6 Å². The minimum absolute atomic E-state index is 0.0963. The first-order valence-electron chi connectivity index (χ1n) is 18.9. The highest BCUT2D eigenvalue weighted by Gasteiger charge is 2.40. The normalized spacial score (nSPS) is 17.0. The number of allylic oxidation sites excluding steroid dienone is 15. The zero-order chi connectivity index (χ0) is 41.3. The van der Waals surface area contributed by atoms with Gasteiger partial charge in [0.25, 0.3) is 20.2 Å². The molecule has 2 aromatic carbocycles. The molecular weight excluding hydrogens is 747 g/mol. The SMILES string of the molecule is C=C(C=CC=CC=C1N(CCCCCC(=O)O)c2ccc(S(=O)(=O)O)cc2C1(C)C)C(C)(C)c1cc(S(=O)(=O)O)ccc1C(C)CCCC1=CC=CC=CC=C1. The number of benzene rings is 2.